The van der Waals surface area contributed by atoms with Gasteiger partial charge in [0.1, 0.15) is 11.5 Å². The second-order valence-corrected chi connectivity index (χ2v) is 10.5. The number of aliphatic hydroxyl groups excluding tert-OH is 2. The van der Waals surface area contributed by atoms with Crippen LogP contribution in [-0.4, -0.2) is 92.1 Å². The van der Waals surface area contributed by atoms with E-state index in [9.17, 15) is 14.4 Å². The zero-order valence-electron chi connectivity index (χ0n) is 26.3. The Labute approximate surface area is 266 Å². The first kappa shape index (κ1) is 37.5. The highest BCUT2D eigenvalue weighted by atomic mass is 16.5. The van der Waals surface area contributed by atoms with Crippen molar-refractivity contribution in [2.24, 2.45) is 0 Å². The molecule has 2 aromatic rings. The van der Waals surface area contributed by atoms with E-state index in [0.717, 1.165) is 57.4 Å². The topological polar surface area (TPSA) is 132 Å². The molecule has 0 bridgehead atoms. The first-order chi connectivity index (χ1) is 22.0. The molecule has 2 rings (SSSR count). The highest BCUT2D eigenvalue weighted by Gasteiger charge is 2.10. The lowest BCUT2D eigenvalue weighted by atomic mass is 10.0. The SMILES string of the molecule is C=CC(=O)OCCCCCCOc1ccc(C(=O)c2ccc(OCCCCCCOC(=O)CCN(CCO)CCO)cc2)cc1. The maximum atomic E-state index is 12.9. The number of unbranched alkanes of at least 4 members (excludes halogenated alkanes) is 6. The molecular formula is C35H49NO9. The molecule has 0 spiro atoms. The van der Waals surface area contributed by atoms with Gasteiger partial charge in [0.05, 0.1) is 46.1 Å². The molecule has 0 aliphatic heterocycles. The summed E-state index contributed by atoms with van der Waals surface area (Å²) >= 11 is 0. The van der Waals surface area contributed by atoms with E-state index < -0.39 is 5.97 Å². The summed E-state index contributed by atoms with van der Waals surface area (Å²) in [7, 11) is 0. The molecule has 10 nitrogen and oxygen atoms in total. The van der Waals surface area contributed by atoms with Gasteiger partial charge in [-0.2, -0.15) is 0 Å². The summed E-state index contributed by atoms with van der Waals surface area (Å²) in [6.45, 7) is 6.57. The number of rotatable bonds is 26. The Hall–Kier alpha value is -3.73. The van der Waals surface area contributed by atoms with Crippen LogP contribution < -0.4 is 9.47 Å². The van der Waals surface area contributed by atoms with Gasteiger partial charge in [0.25, 0.3) is 0 Å². The molecule has 0 aliphatic carbocycles. The largest absolute Gasteiger partial charge is 0.494 e. The van der Waals surface area contributed by atoms with Crippen LogP contribution >= 0.6 is 0 Å². The maximum Gasteiger partial charge on any atom is 0.330 e. The van der Waals surface area contributed by atoms with Gasteiger partial charge in [-0.25, -0.2) is 4.79 Å². The average Bonchev–Trinajstić information content (AvgIpc) is 3.06. The number of aliphatic hydroxyl groups is 2. The number of esters is 2. The molecule has 0 saturated carbocycles. The van der Waals surface area contributed by atoms with Gasteiger partial charge >= 0.3 is 11.9 Å². The summed E-state index contributed by atoms with van der Waals surface area (Å²) in [4.78, 5) is 37.6. The number of hydrogen-bond donors (Lipinski definition) is 2. The van der Waals surface area contributed by atoms with Crippen LogP contribution in [-0.2, 0) is 19.1 Å². The minimum atomic E-state index is -0.391. The molecular weight excluding hydrogens is 578 g/mol. The van der Waals surface area contributed by atoms with Crippen LogP contribution in [0.1, 0.15) is 73.7 Å². The van der Waals surface area contributed by atoms with E-state index in [1.165, 1.54) is 0 Å². The lowest BCUT2D eigenvalue weighted by Gasteiger charge is -2.19. The highest BCUT2D eigenvalue weighted by Crippen LogP contribution is 2.19. The van der Waals surface area contributed by atoms with Crippen LogP contribution in [0.5, 0.6) is 11.5 Å². The molecule has 10 heteroatoms. The van der Waals surface area contributed by atoms with Crippen molar-refractivity contribution in [2.45, 2.75) is 57.8 Å². The summed E-state index contributed by atoms with van der Waals surface area (Å²) < 4.78 is 21.8. The number of carbonyl (C=O) groups is 3. The van der Waals surface area contributed by atoms with Gasteiger partial charge in [0.2, 0.25) is 0 Å². The molecule has 0 aliphatic rings. The molecule has 0 heterocycles. The van der Waals surface area contributed by atoms with Crippen LogP contribution in [0.3, 0.4) is 0 Å². The second kappa shape index (κ2) is 23.6. The van der Waals surface area contributed by atoms with Crippen LogP contribution in [0.15, 0.2) is 61.2 Å². The third-order valence-electron chi connectivity index (χ3n) is 6.99. The summed E-state index contributed by atoms with van der Waals surface area (Å²) in [5.74, 6) is 0.691. The van der Waals surface area contributed by atoms with Gasteiger partial charge in [0.15, 0.2) is 5.78 Å². The van der Waals surface area contributed by atoms with Crippen molar-refractivity contribution in [3.63, 3.8) is 0 Å². The predicted molar refractivity (Wildman–Crippen MR) is 172 cm³/mol. The number of ketones is 1. The van der Waals surface area contributed by atoms with Gasteiger partial charge in [-0.3, -0.25) is 14.5 Å². The van der Waals surface area contributed by atoms with Crippen molar-refractivity contribution in [3.05, 3.63) is 72.3 Å². The molecule has 0 amide bonds. The fourth-order valence-corrected chi connectivity index (χ4v) is 4.42. The van der Waals surface area contributed by atoms with E-state index >= 15 is 0 Å². The summed E-state index contributed by atoms with van der Waals surface area (Å²) in [6, 6.07) is 14.3. The Morgan fingerprint density at radius 2 is 1.07 bits per heavy atom. The predicted octanol–water partition coefficient (Wildman–Crippen LogP) is 4.75. The fourth-order valence-electron chi connectivity index (χ4n) is 4.42. The molecule has 0 radical (unpaired) electrons. The second-order valence-electron chi connectivity index (χ2n) is 10.5. The fraction of sp³-hybridized carbons (Fsp3) is 0.514. The van der Waals surface area contributed by atoms with Gasteiger partial charge in [-0.15, -0.1) is 0 Å². The molecule has 0 saturated heterocycles. The Balaban J connectivity index is 1.55. The number of carbonyl (C=O) groups excluding carboxylic acids is 3. The molecule has 0 aromatic heterocycles. The Kier molecular flexibility index (Phi) is 19.7. The van der Waals surface area contributed by atoms with Gasteiger partial charge < -0.3 is 29.2 Å². The Morgan fingerprint density at radius 3 is 1.51 bits per heavy atom. The van der Waals surface area contributed by atoms with Crippen LogP contribution in [0.2, 0.25) is 0 Å². The summed E-state index contributed by atoms with van der Waals surface area (Å²) in [6.07, 6.45) is 8.55. The molecule has 2 N–H and O–H groups in total. The number of hydrogen-bond acceptors (Lipinski definition) is 10. The van der Waals surface area contributed by atoms with Crippen molar-refractivity contribution >= 4 is 17.7 Å². The molecule has 2 aromatic carbocycles. The van der Waals surface area contributed by atoms with Crippen molar-refractivity contribution < 1.29 is 43.5 Å². The highest BCUT2D eigenvalue weighted by molar-refractivity contribution is 6.09. The number of ether oxygens (including phenoxy) is 4. The number of nitrogens with zero attached hydrogens (tertiary/aromatic N) is 1. The minimum absolute atomic E-state index is 0.0139. The van der Waals surface area contributed by atoms with Crippen LogP contribution in [0, 0.1) is 0 Å². The van der Waals surface area contributed by atoms with Crippen molar-refractivity contribution in [1.82, 2.24) is 4.90 Å². The monoisotopic (exact) mass is 627 g/mol. The zero-order chi connectivity index (χ0) is 32.5. The van der Waals surface area contributed by atoms with Crippen molar-refractivity contribution in [3.8, 4) is 11.5 Å². The van der Waals surface area contributed by atoms with E-state index in [2.05, 4.69) is 6.58 Å². The lowest BCUT2D eigenvalue weighted by Crippen LogP contribution is -2.32. The summed E-state index contributed by atoms with van der Waals surface area (Å²) in [5.41, 5.74) is 1.17. The van der Waals surface area contributed by atoms with E-state index in [-0.39, 0.29) is 31.4 Å². The van der Waals surface area contributed by atoms with Crippen molar-refractivity contribution in [1.29, 1.82) is 0 Å². The van der Waals surface area contributed by atoms with E-state index in [4.69, 9.17) is 29.2 Å². The molecule has 248 valence electrons. The van der Waals surface area contributed by atoms with E-state index in [1.807, 2.05) is 4.90 Å². The van der Waals surface area contributed by atoms with Crippen molar-refractivity contribution in [2.75, 3.05) is 59.3 Å². The molecule has 0 atom stereocenters. The zero-order valence-corrected chi connectivity index (χ0v) is 26.3. The maximum absolute atomic E-state index is 12.9. The third kappa shape index (κ3) is 16.8. The minimum Gasteiger partial charge on any atom is -0.494 e. The van der Waals surface area contributed by atoms with Gasteiger partial charge in [-0.05, 0) is 99.9 Å². The lowest BCUT2D eigenvalue weighted by molar-refractivity contribution is -0.144. The first-order valence-electron chi connectivity index (χ1n) is 15.9. The van der Waals surface area contributed by atoms with E-state index in [1.54, 1.807) is 48.5 Å². The Morgan fingerprint density at radius 1 is 0.622 bits per heavy atom. The molecule has 45 heavy (non-hydrogen) atoms. The van der Waals surface area contributed by atoms with Crippen LogP contribution in [0.4, 0.5) is 0 Å². The normalized spacial score (nSPS) is 10.8. The standard InChI is InChI=1S/C35H49NO9/c1-2-33(39)44-27-9-5-3-7-25-42-31-15-11-29(12-16-31)35(41)30-13-17-32(18-14-30)43-26-8-4-6-10-28-45-34(40)19-20-36(21-23-37)22-24-38/h2,11-18,37-38H,1,3-10,19-28H2. The quantitative estimate of drug-likeness (QED) is 0.0652. The van der Waals surface area contributed by atoms with Gasteiger partial charge in [-0.1, -0.05) is 6.58 Å². The average molecular weight is 628 g/mol. The smallest absolute Gasteiger partial charge is 0.330 e. The number of benzene rings is 2. The summed E-state index contributed by atoms with van der Waals surface area (Å²) in [5, 5.41) is 18.0. The van der Waals surface area contributed by atoms with Crippen LogP contribution in [0.25, 0.3) is 0 Å². The van der Waals surface area contributed by atoms with E-state index in [0.29, 0.717) is 68.7 Å². The first-order valence-corrected chi connectivity index (χ1v) is 15.9. The van der Waals surface area contributed by atoms with Gasteiger partial charge in [0, 0.05) is 36.8 Å². The Bertz CT molecular complexity index is 1110. The molecule has 0 unspecified atom stereocenters. The molecule has 0 fully saturated rings. The third-order valence-corrected chi connectivity index (χ3v) is 6.99.